The Labute approximate surface area is 134 Å². The predicted octanol–water partition coefficient (Wildman–Crippen LogP) is 3.22. The number of non-ortho nitro benzene ring substituents is 1. The van der Waals surface area contributed by atoms with E-state index in [-0.39, 0.29) is 34.7 Å². The molecule has 0 fully saturated rings. The Kier molecular flexibility index (Phi) is 3.21. The highest BCUT2D eigenvalue weighted by atomic mass is 16.6. The summed E-state index contributed by atoms with van der Waals surface area (Å²) in [6.07, 6.45) is -0.233. The lowest BCUT2D eigenvalue weighted by atomic mass is 9.61. The lowest BCUT2D eigenvalue weighted by Gasteiger charge is -2.49. The topological polar surface area (TPSA) is 61.6 Å². The molecule has 3 aliphatic rings. The van der Waals surface area contributed by atoms with E-state index < -0.39 is 0 Å². The molecule has 0 saturated heterocycles. The van der Waals surface area contributed by atoms with Crippen LogP contribution in [0.3, 0.4) is 0 Å². The molecule has 0 saturated carbocycles. The molecular formula is C18H17NO4. The third-order valence-electron chi connectivity index (χ3n) is 5.14. The third-order valence-corrected chi connectivity index (χ3v) is 5.14. The molecule has 23 heavy (non-hydrogen) atoms. The summed E-state index contributed by atoms with van der Waals surface area (Å²) in [6.45, 7) is 0. The number of fused-ring (bicyclic) bond motifs is 1. The highest BCUT2D eigenvalue weighted by Gasteiger charge is 2.50. The van der Waals surface area contributed by atoms with Crippen LogP contribution in [-0.2, 0) is 9.47 Å². The summed E-state index contributed by atoms with van der Waals surface area (Å²) in [4.78, 5) is 10.8. The van der Waals surface area contributed by atoms with E-state index in [1.54, 1.807) is 26.4 Å². The highest BCUT2D eigenvalue weighted by molar-refractivity contribution is 5.60. The van der Waals surface area contributed by atoms with Gasteiger partial charge in [0.1, 0.15) is 0 Å². The Hall–Kier alpha value is -2.24. The minimum absolute atomic E-state index is 0.0407. The van der Waals surface area contributed by atoms with Crippen molar-refractivity contribution in [2.24, 2.45) is 0 Å². The fraction of sp³-hybridized carbons (Fsp3) is 0.333. The van der Waals surface area contributed by atoms with E-state index >= 15 is 0 Å². The first-order valence-corrected chi connectivity index (χ1v) is 7.60. The second kappa shape index (κ2) is 5.15. The number of ether oxygens (including phenoxy) is 2. The van der Waals surface area contributed by atoms with Crippen LogP contribution in [0.2, 0.25) is 0 Å². The normalized spacial score (nSPS) is 27.4. The van der Waals surface area contributed by atoms with E-state index in [1.165, 1.54) is 11.1 Å². The van der Waals surface area contributed by atoms with Crippen LogP contribution in [0.5, 0.6) is 0 Å². The second-order valence-corrected chi connectivity index (χ2v) is 6.06. The van der Waals surface area contributed by atoms with E-state index in [9.17, 15) is 10.1 Å². The van der Waals surface area contributed by atoms with Crippen molar-refractivity contribution in [2.45, 2.75) is 24.0 Å². The number of benzene rings is 2. The van der Waals surface area contributed by atoms with Crippen LogP contribution in [0.4, 0.5) is 5.69 Å². The first kappa shape index (κ1) is 14.4. The van der Waals surface area contributed by atoms with E-state index in [2.05, 4.69) is 12.1 Å². The summed E-state index contributed by atoms with van der Waals surface area (Å²) in [5, 5.41) is 11.2. The van der Waals surface area contributed by atoms with Gasteiger partial charge < -0.3 is 9.47 Å². The molecule has 0 heterocycles. The first-order chi connectivity index (χ1) is 11.2. The molecule has 5 rings (SSSR count). The summed E-state index contributed by atoms with van der Waals surface area (Å²) in [6, 6.07) is 13.4. The molecule has 4 atom stereocenters. The average Bonchev–Trinajstić information content (AvgIpc) is 2.60. The fourth-order valence-electron chi connectivity index (χ4n) is 4.27. The quantitative estimate of drug-likeness (QED) is 0.645. The molecule has 2 aromatic carbocycles. The zero-order valence-electron chi connectivity index (χ0n) is 12.9. The summed E-state index contributed by atoms with van der Waals surface area (Å²) >= 11 is 0. The maximum atomic E-state index is 11.2. The Morgan fingerprint density at radius 2 is 1.39 bits per heavy atom. The van der Waals surface area contributed by atoms with Crippen LogP contribution in [0, 0.1) is 10.1 Å². The summed E-state index contributed by atoms with van der Waals surface area (Å²) in [5.41, 5.74) is 4.64. The van der Waals surface area contributed by atoms with Crippen LogP contribution in [-0.4, -0.2) is 31.4 Å². The number of nitrogens with zero attached hydrogens (tertiary/aromatic N) is 1. The van der Waals surface area contributed by atoms with Crippen LogP contribution >= 0.6 is 0 Å². The molecule has 0 N–H and O–H groups in total. The number of hydrogen-bond donors (Lipinski definition) is 0. The second-order valence-electron chi connectivity index (χ2n) is 6.06. The summed E-state index contributed by atoms with van der Waals surface area (Å²) in [5.74, 6) is 0.00278. The van der Waals surface area contributed by atoms with E-state index in [4.69, 9.17) is 9.47 Å². The van der Waals surface area contributed by atoms with Gasteiger partial charge in [-0.1, -0.05) is 30.3 Å². The first-order valence-electron chi connectivity index (χ1n) is 7.60. The Balaban J connectivity index is 1.99. The summed E-state index contributed by atoms with van der Waals surface area (Å²) in [7, 11) is 3.38. The van der Waals surface area contributed by atoms with Crippen molar-refractivity contribution in [1.29, 1.82) is 0 Å². The van der Waals surface area contributed by atoms with Crippen molar-refractivity contribution in [1.82, 2.24) is 0 Å². The largest absolute Gasteiger partial charge is 0.378 e. The van der Waals surface area contributed by atoms with Crippen molar-refractivity contribution in [3.8, 4) is 0 Å². The van der Waals surface area contributed by atoms with Crippen molar-refractivity contribution >= 4 is 5.69 Å². The monoisotopic (exact) mass is 311 g/mol. The molecule has 2 aromatic rings. The standard InChI is InChI=1S/C18H17NO4/c1-22-17-15-11-5-3-4-6-12(11)16(18(17)23-2)14-9-10(19(20)21)7-8-13(14)15/h3-9,15-18H,1-2H3/t15-,16+,17+,18+/m1/s1. The lowest BCUT2D eigenvalue weighted by Crippen LogP contribution is -2.49. The van der Waals surface area contributed by atoms with Crippen molar-refractivity contribution < 1.29 is 14.4 Å². The molecule has 2 bridgehead atoms. The Bertz CT molecular complexity index is 788. The van der Waals surface area contributed by atoms with Gasteiger partial charge in [-0.15, -0.1) is 0 Å². The molecule has 0 radical (unpaired) electrons. The van der Waals surface area contributed by atoms with E-state index in [1.807, 2.05) is 18.2 Å². The van der Waals surface area contributed by atoms with Crippen LogP contribution in [0.15, 0.2) is 42.5 Å². The summed E-state index contributed by atoms with van der Waals surface area (Å²) < 4.78 is 11.5. The zero-order valence-corrected chi connectivity index (χ0v) is 12.9. The minimum Gasteiger partial charge on any atom is -0.378 e. The molecule has 0 spiro atoms. The van der Waals surface area contributed by atoms with Gasteiger partial charge in [0.25, 0.3) is 5.69 Å². The molecule has 5 nitrogen and oxygen atoms in total. The van der Waals surface area contributed by atoms with Gasteiger partial charge in [-0.3, -0.25) is 10.1 Å². The maximum Gasteiger partial charge on any atom is 0.269 e. The van der Waals surface area contributed by atoms with Gasteiger partial charge in [-0.25, -0.2) is 0 Å². The molecular weight excluding hydrogens is 294 g/mol. The van der Waals surface area contributed by atoms with Gasteiger partial charge in [0.2, 0.25) is 0 Å². The van der Waals surface area contributed by atoms with Gasteiger partial charge >= 0.3 is 0 Å². The van der Waals surface area contributed by atoms with Gasteiger partial charge in [0.15, 0.2) is 0 Å². The number of rotatable bonds is 3. The average molecular weight is 311 g/mol. The molecule has 118 valence electrons. The molecule has 5 heteroatoms. The highest BCUT2D eigenvalue weighted by Crippen LogP contribution is 2.54. The van der Waals surface area contributed by atoms with Crippen LogP contribution in [0.25, 0.3) is 0 Å². The van der Waals surface area contributed by atoms with Gasteiger partial charge in [-0.2, -0.15) is 0 Å². The van der Waals surface area contributed by atoms with E-state index in [0.717, 1.165) is 11.1 Å². The van der Waals surface area contributed by atoms with E-state index in [0.29, 0.717) is 0 Å². The molecule has 3 aliphatic carbocycles. The zero-order chi connectivity index (χ0) is 16.1. The molecule has 0 aromatic heterocycles. The van der Waals surface area contributed by atoms with Gasteiger partial charge in [-0.05, 0) is 22.3 Å². The number of hydrogen-bond acceptors (Lipinski definition) is 4. The van der Waals surface area contributed by atoms with Crippen LogP contribution < -0.4 is 0 Å². The number of nitro groups is 1. The molecule has 0 unspecified atom stereocenters. The molecule has 0 amide bonds. The minimum atomic E-state index is -0.343. The smallest absolute Gasteiger partial charge is 0.269 e. The predicted molar refractivity (Wildman–Crippen MR) is 84.8 cm³/mol. The van der Waals surface area contributed by atoms with Gasteiger partial charge in [0, 0.05) is 38.2 Å². The Morgan fingerprint density at radius 3 is 1.91 bits per heavy atom. The number of methoxy groups -OCH3 is 2. The maximum absolute atomic E-state index is 11.2. The fourth-order valence-corrected chi connectivity index (χ4v) is 4.27. The SMILES string of the molecule is CO[C@H]1[C@@H]2c3ccccc3[C@@H](c3cc([N+](=O)[O-])ccc32)[C@@H]1OC. The molecule has 0 aliphatic heterocycles. The van der Waals surface area contributed by atoms with Crippen molar-refractivity contribution in [2.75, 3.05) is 14.2 Å². The third kappa shape index (κ3) is 1.87. The number of nitro benzene ring substituents is 1. The van der Waals surface area contributed by atoms with Crippen molar-refractivity contribution in [3.63, 3.8) is 0 Å². The Morgan fingerprint density at radius 1 is 0.870 bits per heavy atom. The van der Waals surface area contributed by atoms with Crippen LogP contribution in [0.1, 0.15) is 34.1 Å². The van der Waals surface area contributed by atoms with Gasteiger partial charge in [0.05, 0.1) is 17.1 Å². The lowest BCUT2D eigenvalue weighted by molar-refractivity contribution is -0.385. The van der Waals surface area contributed by atoms with Crippen molar-refractivity contribution in [3.05, 3.63) is 74.8 Å².